The van der Waals surface area contributed by atoms with Gasteiger partial charge >= 0.3 is 6.18 Å². The Balaban J connectivity index is 1.53. The molecule has 4 aromatic heterocycles. The zero-order chi connectivity index (χ0) is 25.4. The van der Waals surface area contributed by atoms with Gasteiger partial charge in [0.2, 0.25) is 5.95 Å². The minimum absolute atomic E-state index is 0.00451. The average molecular weight is 504 g/mol. The lowest BCUT2D eigenvalue weighted by Crippen LogP contribution is -2.41. The van der Waals surface area contributed by atoms with Gasteiger partial charge in [0.05, 0.1) is 22.6 Å². The van der Waals surface area contributed by atoms with Crippen LogP contribution in [-0.2, 0) is 6.18 Å². The molecule has 0 aromatic carbocycles. The van der Waals surface area contributed by atoms with E-state index >= 15 is 0 Å². The number of aromatic nitrogens is 5. The molecule has 0 bridgehead atoms. The van der Waals surface area contributed by atoms with Crippen molar-refractivity contribution in [2.75, 3.05) is 18.5 Å². The molecule has 2 atom stereocenters. The number of hydrogen-bond acceptors (Lipinski definition) is 7. The Hall–Kier alpha value is -3.54. The van der Waals surface area contributed by atoms with Crippen LogP contribution in [0.15, 0.2) is 29.0 Å². The fourth-order valence-electron chi connectivity index (χ4n) is 4.84. The molecule has 4 aromatic rings. The molecular weight excluding hydrogens is 478 g/mol. The summed E-state index contributed by atoms with van der Waals surface area (Å²) in [6.45, 7) is 3.30. The fraction of sp³-hybridized carbons (Fsp3) is 0.417. The predicted molar refractivity (Wildman–Crippen MR) is 126 cm³/mol. The molecule has 190 valence electrons. The van der Waals surface area contributed by atoms with Crippen molar-refractivity contribution in [3.63, 3.8) is 0 Å². The van der Waals surface area contributed by atoms with Gasteiger partial charge in [0.1, 0.15) is 23.6 Å². The van der Waals surface area contributed by atoms with Gasteiger partial charge in [-0.05, 0) is 45.2 Å². The SMILES string of the molecule is Cc1noc(C)c1-c1ccc2c(-c3nc(N[C@H]4CCC[C@@H]4NCCF)ncc3C(F)(F)F)c[nH]c2n1. The van der Waals surface area contributed by atoms with Gasteiger partial charge in [-0.3, -0.25) is 0 Å². The molecule has 1 aliphatic rings. The Morgan fingerprint density at radius 2 is 1.94 bits per heavy atom. The lowest BCUT2D eigenvalue weighted by molar-refractivity contribution is -0.137. The number of hydrogen-bond donors (Lipinski definition) is 3. The van der Waals surface area contributed by atoms with Crippen molar-refractivity contribution >= 4 is 17.0 Å². The summed E-state index contributed by atoms with van der Waals surface area (Å²) in [5.74, 6) is 0.690. The smallest absolute Gasteiger partial charge is 0.361 e. The number of halogens is 4. The lowest BCUT2D eigenvalue weighted by atomic mass is 10.1. The average Bonchev–Trinajstić information content (AvgIpc) is 3.55. The Kier molecular flexibility index (Phi) is 6.37. The van der Waals surface area contributed by atoms with Gasteiger partial charge in [0.25, 0.3) is 0 Å². The van der Waals surface area contributed by atoms with E-state index in [9.17, 15) is 17.6 Å². The van der Waals surface area contributed by atoms with E-state index in [0.29, 0.717) is 28.2 Å². The van der Waals surface area contributed by atoms with Gasteiger partial charge in [-0.1, -0.05) is 5.16 Å². The fourth-order valence-corrected chi connectivity index (χ4v) is 4.84. The van der Waals surface area contributed by atoms with Crippen LogP contribution in [0.1, 0.15) is 36.3 Å². The largest absolute Gasteiger partial charge is 0.419 e. The molecule has 4 heterocycles. The number of fused-ring (bicyclic) bond motifs is 1. The molecule has 0 saturated heterocycles. The van der Waals surface area contributed by atoms with E-state index in [1.807, 2.05) is 0 Å². The van der Waals surface area contributed by atoms with Crippen molar-refractivity contribution in [2.24, 2.45) is 0 Å². The Labute approximate surface area is 203 Å². The second kappa shape index (κ2) is 9.49. The van der Waals surface area contributed by atoms with Gasteiger partial charge in [-0.25, -0.2) is 19.3 Å². The van der Waals surface area contributed by atoms with E-state index < -0.39 is 18.4 Å². The van der Waals surface area contributed by atoms with Gasteiger partial charge in [-0.15, -0.1) is 0 Å². The van der Waals surface area contributed by atoms with Gasteiger partial charge in [-0.2, -0.15) is 13.2 Å². The second-order valence-electron chi connectivity index (χ2n) is 8.88. The molecule has 36 heavy (non-hydrogen) atoms. The summed E-state index contributed by atoms with van der Waals surface area (Å²) < 4.78 is 59.6. The summed E-state index contributed by atoms with van der Waals surface area (Å²) >= 11 is 0. The van der Waals surface area contributed by atoms with Crippen LogP contribution in [0.5, 0.6) is 0 Å². The highest BCUT2D eigenvalue weighted by Crippen LogP contribution is 2.39. The zero-order valence-corrected chi connectivity index (χ0v) is 19.7. The maximum absolute atomic E-state index is 13.9. The van der Waals surface area contributed by atoms with Crippen LogP contribution in [0.2, 0.25) is 0 Å². The number of aromatic amines is 1. The molecule has 1 fully saturated rings. The molecule has 0 spiro atoms. The molecule has 3 N–H and O–H groups in total. The standard InChI is InChI=1S/C24H25F4N7O/c1-12-20(13(2)36-35-12)19-7-6-14-15(10-30-22(14)32-19)21-16(24(26,27)28)11-31-23(34-21)33-18-5-3-4-17(18)29-9-8-25/h6-7,10-11,17-18,29H,3-5,8-9H2,1-2H3,(H,30,32)(H,31,33,34)/t17-,18-/m0/s1. The third-order valence-electron chi connectivity index (χ3n) is 6.51. The highest BCUT2D eigenvalue weighted by atomic mass is 19.4. The van der Waals surface area contributed by atoms with E-state index in [-0.39, 0.29) is 35.8 Å². The van der Waals surface area contributed by atoms with E-state index in [1.54, 1.807) is 26.0 Å². The number of alkyl halides is 4. The first-order valence-corrected chi connectivity index (χ1v) is 11.7. The van der Waals surface area contributed by atoms with Gasteiger partial charge in [0, 0.05) is 42.0 Å². The normalized spacial score (nSPS) is 18.3. The molecule has 12 heteroatoms. The number of nitrogens with zero attached hydrogens (tertiary/aromatic N) is 4. The third-order valence-corrected chi connectivity index (χ3v) is 6.51. The zero-order valence-electron chi connectivity index (χ0n) is 19.7. The van der Waals surface area contributed by atoms with Gasteiger partial charge < -0.3 is 20.1 Å². The number of rotatable bonds is 7. The molecule has 8 nitrogen and oxygen atoms in total. The third kappa shape index (κ3) is 4.52. The van der Waals surface area contributed by atoms with E-state index in [4.69, 9.17) is 4.52 Å². The molecule has 5 rings (SSSR count). The molecule has 1 saturated carbocycles. The van der Waals surface area contributed by atoms with Crippen molar-refractivity contribution in [1.82, 2.24) is 30.4 Å². The lowest BCUT2D eigenvalue weighted by Gasteiger charge is -2.22. The Bertz CT molecular complexity index is 1360. The summed E-state index contributed by atoms with van der Waals surface area (Å²) in [6, 6.07) is 3.32. The van der Waals surface area contributed by atoms with Crippen LogP contribution in [0, 0.1) is 13.8 Å². The summed E-state index contributed by atoms with van der Waals surface area (Å²) in [5.41, 5.74) is 1.50. The van der Waals surface area contributed by atoms with Crippen molar-refractivity contribution in [2.45, 2.75) is 51.4 Å². The highest BCUT2D eigenvalue weighted by molar-refractivity contribution is 5.94. The van der Waals surface area contributed by atoms with Crippen molar-refractivity contribution in [1.29, 1.82) is 0 Å². The quantitative estimate of drug-likeness (QED) is 0.298. The molecule has 0 amide bonds. The second-order valence-corrected chi connectivity index (χ2v) is 8.88. The van der Waals surface area contributed by atoms with Crippen molar-refractivity contribution in [3.05, 3.63) is 41.5 Å². The minimum atomic E-state index is -4.65. The Morgan fingerprint density at radius 3 is 2.67 bits per heavy atom. The van der Waals surface area contributed by atoms with Crippen LogP contribution in [0.3, 0.4) is 0 Å². The maximum atomic E-state index is 13.9. The highest BCUT2D eigenvalue weighted by Gasteiger charge is 2.36. The molecule has 0 aliphatic heterocycles. The first-order valence-electron chi connectivity index (χ1n) is 11.7. The summed E-state index contributed by atoms with van der Waals surface area (Å²) in [4.78, 5) is 15.8. The summed E-state index contributed by atoms with van der Waals surface area (Å²) in [7, 11) is 0. The van der Waals surface area contributed by atoms with Crippen molar-refractivity contribution in [3.8, 4) is 22.5 Å². The first kappa shape index (κ1) is 24.2. The monoisotopic (exact) mass is 503 g/mol. The van der Waals surface area contributed by atoms with Crippen LogP contribution in [0.25, 0.3) is 33.5 Å². The molecular formula is C24H25F4N7O. The molecule has 1 aliphatic carbocycles. The van der Waals surface area contributed by atoms with Crippen LogP contribution >= 0.6 is 0 Å². The van der Waals surface area contributed by atoms with E-state index in [0.717, 1.165) is 31.0 Å². The molecule has 0 radical (unpaired) electrons. The Morgan fingerprint density at radius 1 is 1.14 bits per heavy atom. The first-order chi connectivity index (χ1) is 17.3. The number of H-pyrrole nitrogens is 1. The maximum Gasteiger partial charge on any atom is 0.419 e. The van der Waals surface area contributed by atoms with Gasteiger partial charge in [0.15, 0.2) is 0 Å². The predicted octanol–water partition coefficient (Wildman–Crippen LogP) is 5.20. The summed E-state index contributed by atoms with van der Waals surface area (Å²) in [6.07, 6.45) is 0.153. The van der Waals surface area contributed by atoms with Crippen molar-refractivity contribution < 1.29 is 22.1 Å². The summed E-state index contributed by atoms with van der Waals surface area (Å²) in [5, 5.41) is 10.7. The van der Waals surface area contributed by atoms with Crippen LogP contribution in [-0.4, -0.2) is 50.4 Å². The number of anilines is 1. The van der Waals surface area contributed by atoms with Crippen LogP contribution in [0.4, 0.5) is 23.5 Å². The number of nitrogens with one attached hydrogen (secondary N) is 3. The van der Waals surface area contributed by atoms with Crippen LogP contribution < -0.4 is 10.6 Å². The molecule has 0 unspecified atom stereocenters. The van der Waals surface area contributed by atoms with E-state index in [1.165, 1.54) is 6.20 Å². The minimum Gasteiger partial charge on any atom is -0.361 e. The number of aryl methyl sites for hydroxylation is 2. The topological polar surface area (TPSA) is 105 Å². The van der Waals surface area contributed by atoms with E-state index in [2.05, 4.69) is 35.7 Å². The number of pyridine rings is 1.